The van der Waals surface area contributed by atoms with E-state index >= 15 is 0 Å². The highest BCUT2D eigenvalue weighted by Gasteiger charge is 2.34. The summed E-state index contributed by atoms with van der Waals surface area (Å²) in [4.78, 5) is 32.9. The summed E-state index contributed by atoms with van der Waals surface area (Å²) in [5.41, 5.74) is 1.44. The van der Waals surface area contributed by atoms with Gasteiger partial charge in [0.2, 0.25) is 17.6 Å². The number of benzene rings is 2. The predicted molar refractivity (Wildman–Crippen MR) is 152 cm³/mol. The van der Waals surface area contributed by atoms with Crippen molar-refractivity contribution in [3.05, 3.63) is 64.1 Å². The van der Waals surface area contributed by atoms with Crippen LogP contribution in [0.2, 0.25) is 10.0 Å². The van der Waals surface area contributed by atoms with E-state index in [-0.39, 0.29) is 24.4 Å². The molecule has 10 nitrogen and oxygen atoms in total. The van der Waals surface area contributed by atoms with Gasteiger partial charge >= 0.3 is 0 Å². The number of nitrogens with one attached hydrogen (secondary N) is 1. The number of rotatable bonds is 10. The summed E-state index contributed by atoms with van der Waals surface area (Å²) in [6.07, 6.45) is 4.06. The summed E-state index contributed by atoms with van der Waals surface area (Å²) in [5.74, 6) is -0.0923. The molecule has 2 aliphatic rings. The molecule has 3 aromatic rings. The lowest BCUT2D eigenvalue weighted by molar-refractivity contribution is -0.142. The van der Waals surface area contributed by atoms with Crippen molar-refractivity contribution in [1.29, 1.82) is 0 Å². The molecule has 1 saturated heterocycles. The summed E-state index contributed by atoms with van der Waals surface area (Å²) in [6, 6.07) is 13.5. The maximum atomic E-state index is 13.9. The van der Waals surface area contributed by atoms with Gasteiger partial charge in [-0.25, -0.2) is 0 Å². The van der Waals surface area contributed by atoms with E-state index in [9.17, 15) is 9.59 Å². The van der Waals surface area contributed by atoms with Crippen LogP contribution in [0.4, 0.5) is 0 Å². The Kier molecular flexibility index (Phi) is 9.64. The van der Waals surface area contributed by atoms with E-state index < -0.39 is 6.04 Å². The largest absolute Gasteiger partial charge is 0.379 e. The molecule has 1 aliphatic carbocycles. The third-order valence-electron chi connectivity index (χ3n) is 7.36. The number of halogens is 2. The second kappa shape index (κ2) is 13.5. The topological polar surface area (TPSA) is 105 Å². The summed E-state index contributed by atoms with van der Waals surface area (Å²) >= 11 is 12.2. The van der Waals surface area contributed by atoms with Gasteiger partial charge in [-0.3, -0.25) is 14.5 Å². The third-order valence-corrected chi connectivity index (χ3v) is 7.86. The number of hydrogen-bond acceptors (Lipinski definition) is 7. The zero-order valence-corrected chi connectivity index (χ0v) is 23.7. The highest BCUT2D eigenvalue weighted by molar-refractivity contribution is 6.30. The Morgan fingerprint density at radius 2 is 1.65 bits per heavy atom. The second-order valence-corrected chi connectivity index (χ2v) is 11.0. The lowest BCUT2D eigenvalue weighted by Gasteiger charge is -2.35. The molecule has 0 unspecified atom stereocenters. The highest BCUT2D eigenvalue weighted by Crippen LogP contribution is 2.26. The van der Waals surface area contributed by atoms with Gasteiger partial charge in [-0.1, -0.05) is 48.2 Å². The average molecular weight is 587 g/mol. The zero-order chi connectivity index (χ0) is 27.9. The first-order valence-electron chi connectivity index (χ1n) is 13.7. The highest BCUT2D eigenvalue weighted by atomic mass is 35.5. The normalized spacial score (nSPS) is 17.1. The summed E-state index contributed by atoms with van der Waals surface area (Å²) in [5, 5.41) is 17.0. The van der Waals surface area contributed by atoms with Crippen molar-refractivity contribution in [3.63, 3.8) is 0 Å². The molecule has 0 radical (unpaired) electrons. The summed E-state index contributed by atoms with van der Waals surface area (Å²) in [6.45, 7) is 3.64. The average Bonchev–Trinajstić information content (AvgIpc) is 3.65. The molecule has 5 rings (SSSR count). The number of nitrogens with zero attached hydrogens (tertiary/aromatic N) is 6. The molecule has 1 N–H and O–H groups in total. The van der Waals surface area contributed by atoms with Crippen LogP contribution >= 0.6 is 23.2 Å². The standard InChI is InChI=1S/C28H33Cl2N7O3/c29-22-9-5-20(6-10-22)26(28(39)31-24-3-1-2-4-24)36(14-13-35-15-17-40-18-16-35)25(38)19-37-33-27(32-34-37)21-7-11-23(30)12-8-21/h5-12,24,26H,1-4,13-19H2,(H,31,39)/t26-/m1/s1. The zero-order valence-electron chi connectivity index (χ0n) is 22.2. The number of aromatic nitrogens is 4. The summed E-state index contributed by atoms with van der Waals surface area (Å²) in [7, 11) is 0. The van der Waals surface area contributed by atoms with Crippen molar-refractivity contribution in [2.75, 3.05) is 39.4 Å². The first-order chi connectivity index (χ1) is 19.5. The molecule has 1 aromatic heterocycles. The van der Waals surface area contributed by atoms with Crippen molar-refractivity contribution in [1.82, 2.24) is 35.3 Å². The molecule has 2 aromatic carbocycles. The number of amides is 2. The van der Waals surface area contributed by atoms with Gasteiger partial charge in [0.1, 0.15) is 12.6 Å². The Labute approximate surface area is 243 Å². The smallest absolute Gasteiger partial charge is 0.247 e. The Hall–Kier alpha value is -3.05. The van der Waals surface area contributed by atoms with Gasteiger partial charge in [0, 0.05) is 47.8 Å². The van der Waals surface area contributed by atoms with Crippen LogP contribution in [-0.4, -0.2) is 87.3 Å². The molecule has 40 heavy (non-hydrogen) atoms. The van der Waals surface area contributed by atoms with Crippen molar-refractivity contribution >= 4 is 35.0 Å². The van der Waals surface area contributed by atoms with Crippen molar-refractivity contribution in [3.8, 4) is 11.4 Å². The van der Waals surface area contributed by atoms with Crippen LogP contribution in [0.1, 0.15) is 37.3 Å². The Morgan fingerprint density at radius 1 is 1.00 bits per heavy atom. The van der Waals surface area contributed by atoms with E-state index in [4.69, 9.17) is 27.9 Å². The quantitative estimate of drug-likeness (QED) is 0.387. The fourth-order valence-electron chi connectivity index (χ4n) is 5.18. The molecule has 2 fully saturated rings. The van der Waals surface area contributed by atoms with Gasteiger partial charge in [0.25, 0.3) is 0 Å². The lowest BCUT2D eigenvalue weighted by atomic mass is 10.0. The molecule has 1 saturated carbocycles. The van der Waals surface area contributed by atoms with Crippen LogP contribution < -0.4 is 5.32 Å². The Morgan fingerprint density at radius 3 is 2.33 bits per heavy atom. The van der Waals surface area contributed by atoms with E-state index in [0.29, 0.717) is 47.7 Å². The van der Waals surface area contributed by atoms with Crippen LogP contribution in [0.15, 0.2) is 48.5 Å². The van der Waals surface area contributed by atoms with Crippen LogP contribution in [-0.2, 0) is 20.9 Å². The minimum absolute atomic E-state index is 0.109. The maximum absolute atomic E-state index is 13.9. The fraction of sp³-hybridized carbons (Fsp3) is 0.464. The number of hydrogen-bond donors (Lipinski definition) is 1. The predicted octanol–water partition coefficient (Wildman–Crippen LogP) is 3.61. The molecule has 212 valence electrons. The van der Waals surface area contributed by atoms with E-state index in [0.717, 1.165) is 44.3 Å². The van der Waals surface area contributed by atoms with E-state index in [1.54, 1.807) is 41.3 Å². The van der Waals surface area contributed by atoms with Crippen LogP contribution in [0.3, 0.4) is 0 Å². The van der Waals surface area contributed by atoms with E-state index in [2.05, 4.69) is 25.6 Å². The van der Waals surface area contributed by atoms with Crippen LogP contribution in [0.5, 0.6) is 0 Å². The first kappa shape index (κ1) is 28.5. The first-order valence-corrected chi connectivity index (χ1v) is 14.4. The van der Waals surface area contributed by atoms with Crippen molar-refractivity contribution < 1.29 is 14.3 Å². The minimum atomic E-state index is -0.828. The minimum Gasteiger partial charge on any atom is -0.379 e. The van der Waals surface area contributed by atoms with Gasteiger partial charge in [-0.05, 0) is 60.0 Å². The SMILES string of the molecule is O=C(NC1CCCC1)[C@@H](c1ccc(Cl)cc1)N(CCN1CCOCC1)C(=O)Cn1nnc(-c2ccc(Cl)cc2)n1. The molecule has 2 amide bonds. The lowest BCUT2D eigenvalue weighted by Crippen LogP contribution is -2.50. The third kappa shape index (κ3) is 7.37. The van der Waals surface area contributed by atoms with Crippen molar-refractivity contribution in [2.45, 2.75) is 44.3 Å². The summed E-state index contributed by atoms with van der Waals surface area (Å²) < 4.78 is 5.49. The number of carbonyl (C=O) groups is 2. The van der Waals surface area contributed by atoms with E-state index in [1.165, 1.54) is 4.80 Å². The molecule has 12 heteroatoms. The molecule has 0 bridgehead atoms. The van der Waals surface area contributed by atoms with Gasteiger partial charge in [-0.2, -0.15) is 4.80 Å². The number of ether oxygens (including phenoxy) is 1. The van der Waals surface area contributed by atoms with E-state index in [1.807, 2.05) is 12.1 Å². The monoisotopic (exact) mass is 585 g/mol. The van der Waals surface area contributed by atoms with Crippen molar-refractivity contribution in [2.24, 2.45) is 0 Å². The van der Waals surface area contributed by atoms with Crippen LogP contribution in [0, 0.1) is 0 Å². The Balaban J connectivity index is 1.40. The molecular formula is C28H33Cl2N7O3. The van der Waals surface area contributed by atoms with Gasteiger partial charge in [0.15, 0.2) is 0 Å². The second-order valence-electron chi connectivity index (χ2n) is 10.1. The fourth-order valence-corrected chi connectivity index (χ4v) is 5.43. The molecule has 0 spiro atoms. The molecule has 2 heterocycles. The van der Waals surface area contributed by atoms with Gasteiger partial charge < -0.3 is 15.0 Å². The van der Waals surface area contributed by atoms with Gasteiger partial charge in [0.05, 0.1) is 13.2 Å². The Bertz CT molecular complexity index is 1270. The van der Waals surface area contributed by atoms with Gasteiger partial charge in [-0.15, -0.1) is 10.2 Å². The number of carbonyl (C=O) groups excluding carboxylic acids is 2. The molecule has 1 aliphatic heterocycles. The molecular weight excluding hydrogens is 553 g/mol. The molecule has 1 atom stereocenters. The number of morpholine rings is 1. The maximum Gasteiger partial charge on any atom is 0.247 e. The number of tetrazole rings is 1. The van der Waals surface area contributed by atoms with Crippen LogP contribution in [0.25, 0.3) is 11.4 Å².